The molecule has 0 unspecified atom stereocenters. The summed E-state index contributed by atoms with van der Waals surface area (Å²) < 4.78 is 21.8. The van der Waals surface area contributed by atoms with E-state index >= 15 is 0 Å². The predicted molar refractivity (Wildman–Crippen MR) is 110 cm³/mol. The number of amides is 1. The fourth-order valence-corrected chi connectivity index (χ4v) is 3.03. The van der Waals surface area contributed by atoms with Crippen LogP contribution in [0.15, 0.2) is 59.0 Å². The third-order valence-electron chi connectivity index (χ3n) is 4.53. The van der Waals surface area contributed by atoms with Gasteiger partial charge in [0.1, 0.15) is 11.5 Å². The Labute approximate surface area is 170 Å². The summed E-state index contributed by atoms with van der Waals surface area (Å²) in [5.74, 6) is 3.17. The van der Waals surface area contributed by atoms with Crippen LogP contribution in [0.4, 0.5) is 0 Å². The topological polar surface area (TPSA) is 69.9 Å². The highest BCUT2D eigenvalue weighted by atomic mass is 16.5. The summed E-state index contributed by atoms with van der Waals surface area (Å²) in [5, 5.41) is 2.92. The minimum atomic E-state index is -0.0589. The first-order valence-corrected chi connectivity index (χ1v) is 9.34. The predicted octanol–water partition coefficient (Wildman–Crippen LogP) is 4.22. The molecule has 0 aliphatic rings. The number of aryl methyl sites for hydroxylation is 1. The molecule has 1 N–H and O–H groups in total. The molecule has 0 radical (unpaired) electrons. The molecule has 6 nitrogen and oxygen atoms in total. The van der Waals surface area contributed by atoms with Gasteiger partial charge in [0.05, 0.1) is 21.3 Å². The third-order valence-corrected chi connectivity index (χ3v) is 4.53. The van der Waals surface area contributed by atoms with Crippen molar-refractivity contribution in [2.75, 3.05) is 21.3 Å². The van der Waals surface area contributed by atoms with Gasteiger partial charge in [-0.15, -0.1) is 0 Å². The van der Waals surface area contributed by atoms with Gasteiger partial charge in [-0.25, -0.2) is 0 Å². The summed E-state index contributed by atoms with van der Waals surface area (Å²) in [4.78, 5) is 12.3. The average molecular weight is 395 g/mol. The van der Waals surface area contributed by atoms with Gasteiger partial charge in [-0.05, 0) is 29.8 Å². The van der Waals surface area contributed by atoms with E-state index in [1.54, 1.807) is 21.3 Å². The summed E-state index contributed by atoms with van der Waals surface area (Å²) in [7, 11) is 4.68. The van der Waals surface area contributed by atoms with Gasteiger partial charge in [0.15, 0.2) is 11.5 Å². The third kappa shape index (κ3) is 5.10. The summed E-state index contributed by atoms with van der Waals surface area (Å²) in [6.45, 7) is 0.364. The molecule has 3 rings (SSSR count). The van der Waals surface area contributed by atoms with Crippen molar-refractivity contribution in [2.45, 2.75) is 19.4 Å². The van der Waals surface area contributed by atoms with Crippen molar-refractivity contribution in [1.82, 2.24) is 5.32 Å². The van der Waals surface area contributed by atoms with Crippen LogP contribution in [0, 0.1) is 0 Å². The molecule has 0 fully saturated rings. The highest BCUT2D eigenvalue weighted by Crippen LogP contribution is 2.38. The van der Waals surface area contributed by atoms with Gasteiger partial charge < -0.3 is 23.9 Å². The second-order valence-electron chi connectivity index (χ2n) is 6.44. The Morgan fingerprint density at radius 2 is 1.62 bits per heavy atom. The molecular weight excluding hydrogens is 370 g/mol. The van der Waals surface area contributed by atoms with Crippen LogP contribution in [0.5, 0.6) is 17.2 Å². The first-order chi connectivity index (χ1) is 14.1. The van der Waals surface area contributed by atoms with Crippen LogP contribution in [-0.4, -0.2) is 27.2 Å². The van der Waals surface area contributed by atoms with Crippen molar-refractivity contribution >= 4 is 5.91 Å². The van der Waals surface area contributed by atoms with Crippen molar-refractivity contribution in [3.63, 3.8) is 0 Å². The van der Waals surface area contributed by atoms with Gasteiger partial charge in [-0.1, -0.05) is 30.3 Å². The SMILES string of the molecule is COc1cc(CNC(=O)CCc2ccc(-c3ccccc3)o2)cc(OC)c1OC. The lowest BCUT2D eigenvalue weighted by Gasteiger charge is -2.14. The zero-order valence-electron chi connectivity index (χ0n) is 16.9. The van der Waals surface area contributed by atoms with E-state index in [1.165, 1.54) is 0 Å². The van der Waals surface area contributed by atoms with Crippen LogP contribution in [0.3, 0.4) is 0 Å². The van der Waals surface area contributed by atoms with Crippen LogP contribution in [0.2, 0.25) is 0 Å². The number of carbonyl (C=O) groups is 1. The minimum absolute atomic E-state index is 0.0589. The van der Waals surface area contributed by atoms with E-state index in [4.69, 9.17) is 18.6 Å². The Morgan fingerprint density at radius 3 is 2.24 bits per heavy atom. The molecule has 3 aromatic rings. The van der Waals surface area contributed by atoms with Gasteiger partial charge in [0, 0.05) is 24.9 Å². The molecule has 0 aliphatic heterocycles. The van der Waals surface area contributed by atoms with E-state index in [9.17, 15) is 4.79 Å². The Balaban J connectivity index is 1.55. The molecule has 1 aromatic heterocycles. The summed E-state index contributed by atoms with van der Waals surface area (Å²) in [5.41, 5.74) is 1.88. The molecular formula is C23H25NO5. The lowest BCUT2D eigenvalue weighted by Crippen LogP contribution is -2.23. The number of rotatable bonds is 9. The Hall–Kier alpha value is -3.41. The van der Waals surface area contributed by atoms with Gasteiger partial charge >= 0.3 is 0 Å². The zero-order valence-corrected chi connectivity index (χ0v) is 16.9. The Morgan fingerprint density at radius 1 is 0.931 bits per heavy atom. The quantitative estimate of drug-likeness (QED) is 0.587. The van der Waals surface area contributed by atoms with Crippen LogP contribution in [-0.2, 0) is 17.8 Å². The van der Waals surface area contributed by atoms with E-state index in [1.807, 2.05) is 54.6 Å². The maximum absolute atomic E-state index is 12.3. The molecule has 0 saturated carbocycles. The second-order valence-corrected chi connectivity index (χ2v) is 6.44. The number of hydrogen-bond acceptors (Lipinski definition) is 5. The number of ether oxygens (including phenoxy) is 3. The maximum Gasteiger partial charge on any atom is 0.220 e. The van der Waals surface area contributed by atoms with Crippen LogP contribution >= 0.6 is 0 Å². The second kappa shape index (κ2) is 9.68. The molecule has 1 amide bonds. The number of methoxy groups -OCH3 is 3. The minimum Gasteiger partial charge on any atom is -0.493 e. The highest BCUT2D eigenvalue weighted by molar-refractivity contribution is 5.76. The first-order valence-electron chi connectivity index (χ1n) is 9.34. The lowest BCUT2D eigenvalue weighted by atomic mass is 10.1. The number of furan rings is 1. The van der Waals surface area contributed by atoms with Gasteiger partial charge in [-0.2, -0.15) is 0 Å². The van der Waals surface area contributed by atoms with E-state index in [2.05, 4.69) is 5.32 Å². The van der Waals surface area contributed by atoms with E-state index in [0.717, 1.165) is 22.6 Å². The summed E-state index contributed by atoms with van der Waals surface area (Å²) >= 11 is 0. The molecule has 29 heavy (non-hydrogen) atoms. The molecule has 152 valence electrons. The number of benzene rings is 2. The normalized spacial score (nSPS) is 10.4. The first kappa shape index (κ1) is 20.3. The lowest BCUT2D eigenvalue weighted by molar-refractivity contribution is -0.121. The fraction of sp³-hybridized carbons (Fsp3) is 0.261. The van der Waals surface area contributed by atoms with E-state index in [-0.39, 0.29) is 5.91 Å². The number of nitrogens with one attached hydrogen (secondary N) is 1. The largest absolute Gasteiger partial charge is 0.493 e. The van der Waals surface area contributed by atoms with Gasteiger partial charge in [0.25, 0.3) is 0 Å². The van der Waals surface area contributed by atoms with Crippen LogP contribution in [0.25, 0.3) is 11.3 Å². The number of hydrogen-bond donors (Lipinski definition) is 1. The molecule has 6 heteroatoms. The molecule has 0 saturated heterocycles. The van der Waals surface area contributed by atoms with Crippen LogP contribution in [0.1, 0.15) is 17.7 Å². The molecule has 0 spiro atoms. The summed E-state index contributed by atoms with van der Waals surface area (Å²) in [6, 6.07) is 17.4. The molecule has 2 aromatic carbocycles. The van der Waals surface area contributed by atoms with E-state index in [0.29, 0.717) is 36.6 Å². The maximum atomic E-state index is 12.3. The fourth-order valence-electron chi connectivity index (χ4n) is 3.03. The molecule has 0 aliphatic carbocycles. The summed E-state index contributed by atoms with van der Waals surface area (Å²) in [6.07, 6.45) is 0.875. The molecule has 0 bridgehead atoms. The zero-order chi connectivity index (χ0) is 20.6. The monoisotopic (exact) mass is 395 g/mol. The van der Waals surface area contributed by atoms with Crippen molar-refractivity contribution in [1.29, 1.82) is 0 Å². The highest BCUT2D eigenvalue weighted by Gasteiger charge is 2.14. The standard InChI is InChI=1S/C23H25NO5/c1-26-20-13-16(14-21(27-2)23(20)28-3)15-24-22(25)12-10-18-9-11-19(29-18)17-7-5-4-6-8-17/h4-9,11,13-14H,10,12,15H2,1-3H3,(H,24,25). The van der Waals surface area contributed by atoms with Crippen molar-refractivity contribution < 1.29 is 23.4 Å². The van der Waals surface area contributed by atoms with Crippen LogP contribution < -0.4 is 19.5 Å². The van der Waals surface area contributed by atoms with E-state index < -0.39 is 0 Å². The Bertz CT molecular complexity index is 924. The van der Waals surface area contributed by atoms with Gasteiger partial charge in [0.2, 0.25) is 11.7 Å². The van der Waals surface area contributed by atoms with Crippen molar-refractivity contribution in [3.05, 3.63) is 65.9 Å². The Kier molecular flexibility index (Phi) is 6.79. The molecule has 0 atom stereocenters. The number of carbonyl (C=O) groups excluding carboxylic acids is 1. The van der Waals surface area contributed by atoms with Crippen molar-refractivity contribution in [3.8, 4) is 28.6 Å². The van der Waals surface area contributed by atoms with Gasteiger partial charge in [-0.3, -0.25) is 4.79 Å². The smallest absolute Gasteiger partial charge is 0.220 e. The average Bonchev–Trinajstić information content (AvgIpc) is 3.25. The molecule has 1 heterocycles. The van der Waals surface area contributed by atoms with Crippen molar-refractivity contribution in [2.24, 2.45) is 0 Å².